The Balaban J connectivity index is 2.91. The molecule has 0 bridgehead atoms. The Labute approximate surface area is 97.8 Å². The van der Waals surface area contributed by atoms with Gasteiger partial charge in [-0.1, -0.05) is 26.0 Å². The van der Waals surface area contributed by atoms with Crippen molar-refractivity contribution in [1.82, 2.24) is 5.32 Å². The molecule has 0 heterocycles. The topological polar surface area (TPSA) is 46.2 Å². The fourth-order valence-corrected chi connectivity index (χ4v) is 2.48. The summed E-state index contributed by atoms with van der Waals surface area (Å²) in [5, 5.41) is 3.10. The third-order valence-electron chi connectivity index (χ3n) is 2.70. The molecule has 0 aromatic heterocycles. The Hall–Kier alpha value is -0.870. The molecule has 0 saturated carbocycles. The standard InChI is InChI=1S/C12H19NO2S/c1-4-16(14,15)12-7-5-11(6-8-12)10(2)9-13-3/h5-8,10,13H,4,9H2,1-3H3. The van der Waals surface area contributed by atoms with Crippen LogP contribution in [-0.2, 0) is 9.84 Å². The SMILES string of the molecule is CCS(=O)(=O)c1ccc(C(C)CNC)cc1. The van der Waals surface area contributed by atoms with E-state index in [4.69, 9.17) is 0 Å². The number of sulfone groups is 1. The lowest BCUT2D eigenvalue weighted by Crippen LogP contribution is -2.14. The molecule has 0 saturated heterocycles. The maximum Gasteiger partial charge on any atom is 0.178 e. The zero-order valence-corrected chi connectivity index (χ0v) is 10.8. The van der Waals surface area contributed by atoms with Crippen LogP contribution >= 0.6 is 0 Å². The quantitative estimate of drug-likeness (QED) is 0.855. The normalized spacial score (nSPS) is 13.7. The Morgan fingerprint density at radius 1 is 1.25 bits per heavy atom. The minimum absolute atomic E-state index is 0.151. The second-order valence-corrected chi connectivity index (χ2v) is 6.21. The van der Waals surface area contributed by atoms with E-state index in [1.807, 2.05) is 19.2 Å². The van der Waals surface area contributed by atoms with Gasteiger partial charge in [-0.05, 0) is 30.7 Å². The highest BCUT2D eigenvalue weighted by Crippen LogP contribution is 2.18. The first-order valence-corrected chi connectivity index (χ1v) is 7.13. The van der Waals surface area contributed by atoms with Gasteiger partial charge in [0.2, 0.25) is 0 Å². The van der Waals surface area contributed by atoms with Crippen molar-refractivity contribution in [3.05, 3.63) is 29.8 Å². The van der Waals surface area contributed by atoms with Gasteiger partial charge in [-0.15, -0.1) is 0 Å². The lowest BCUT2D eigenvalue weighted by atomic mass is 10.0. The van der Waals surface area contributed by atoms with Crippen molar-refractivity contribution >= 4 is 9.84 Å². The van der Waals surface area contributed by atoms with Gasteiger partial charge in [-0.2, -0.15) is 0 Å². The monoisotopic (exact) mass is 241 g/mol. The third kappa shape index (κ3) is 3.06. The van der Waals surface area contributed by atoms with Crippen LogP contribution in [0.5, 0.6) is 0 Å². The molecule has 90 valence electrons. The molecule has 3 nitrogen and oxygen atoms in total. The molecule has 4 heteroatoms. The molecule has 1 rings (SSSR count). The minimum atomic E-state index is -3.07. The largest absolute Gasteiger partial charge is 0.319 e. The lowest BCUT2D eigenvalue weighted by molar-refractivity contribution is 0.597. The minimum Gasteiger partial charge on any atom is -0.319 e. The summed E-state index contributed by atoms with van der Waals surface area (Å²) in [7, 11) is -1.16. The summed E-state index contributed by atoms with van der Waals surface area (Å²) in [4.78, 5) is 0.412. The van der Waals surface area contributed by atoms with Gasteiger partial charge < -0.3 is 5.32 Å². The van der Waals surface area contributed by atoms with Crippen LogP contribution in [0.25, 0.3) is 0 Å². The predicted octanol–water partition coefficient (Wildman–Crippen LogP) is 1.80. The summed E-state index contributed by atoms with van der Waals surface area (Å²) < 4.78 is 23.2. The van der Waals surface area contributed by atoms with Gasteiger partial charge in [0.15, 0.2) is 9.84 Å². The molecule has 1 aromatic rings. The van der Waals surface area contributed by atoms with Gasteiger partial charge in [0.25, 0.3) is 0 Å². The van der Waals surface area contributed by atoms with E-state index in [1.54, 1.807) is 19.1 Å². The molecular formula is C12H19NO2S. The van der Waals surface area contributed by atoms with E-state index < -0.39 is 9.84 Å². The summed E-state index contributed by atoms with van der Waals surface area (Å²) in [6.07, 6.45) is 0. The summed E-state index contributed by atoms with van der Waals surface area (Å²) >= 11 is 0. The zero-order chi connectivity index (χ0) is 12.2. The average molecular weight is 241 g/mol. The van der Waals surface area contributed by atoms with Crippen molar-refractivity contribution in [3.8, 4) is 0 Å². The highest BCUT2D eigenvalue weighted by atomic mass is 32.2. The molecular weight excluding hydrogens is 222 g/mol. The number of nitrogens with one attached hydrogen (secondary N) is 1. The van der Waals surface area contributed by atoms with Crippen LogP contribution in [0.4, 0.5) is 0 Å². The van der Waals surface area contributed by atoms with Crippen LogP contribution in [0.2, 0.25) is 0 Å². The van der Waals surface area contributed by atoms with Crippen LogP contribution in [-0.4, -0.2) is 27.8 Å². The van der Waals surface area contributed by atoms with Crippen molar-refractivity contribution < 1.29 is 8.42 Å². The first kappa shape index (κ1) is 13.2. The molecule has 1 unspecified atom stereocenters. The molecule has 16 heavy (non-hydrogen) atoms. The Kier molecular flexibility index (Phi) is 4.50. The second-order valence-electron chi connectivity index (χ2n) is 3.93. The number of hydrogen-bond acceptors (Lipinski definition) is 3. The molecule has 0 aliphatic heterocycles. The van der Waals surface area contributed by atoms with Gasteiger partial charge in [-0.25, -0.2) is 8.42 Å². The van der Waals surface area contributed by atoms with E-state index in [0.29, 0.717) is 10.8 Å². The Bertz CT molecular complexity index is 423. The number of benzene rings is 1. The highest BCUT2D eigenvalue weighted by molar-refractivity contribution is 7.91. The molecule has 0 radical (unpaired) electrons. The first-order valence-electron chi connectivity index (χ1n) is 5.48. The van der Waals surface area contributed by atoms with Gasteiger partial charge >= 0.3 is 0 Å². The molecule has 1 N–H and O–H groups in total. The number of rotatable bonds is 5. The van der Waals surface area contributed by atoms with Crippen LogP contribution in [0.1, 0.15) is 25.3 Å². The second kappa shape index (κ2) is 5.46. The van der Waals surface area contributed by atoms with Crippen LogP contribution in [0.15, 0.2) is 29.2 Å². The van der Waals surface area contributed by atoms with Crippen molar-refractivity contribution in [2.24, 2.45) is 0 Å². The summed E-state index contributed by atoms with van der Waals surface area (Å²) in [5.74, 6) is 0.543. The maximum atomic E-state index is 11.6. The zero-order valence-electron chi connectivity index (χ0n) is 10.0. The van der Waals surface area contributed by atoms with E-state index in [-0.39, 0.29) is 5.75 Å². The molecule has 1 atom stereocenters. The molecule has 0 fully saturated rings. The summed E-state index contributed by atoms with van der Waals surface area (Å²) in [5.41, 5.74) is 1.16. The van der Waals surface area contributed by atoms with Gasteiger partial charge in [0.05, 0.1) is 10.6 Å². The average Bonchev–Trinajstić information content (AvgIpc) is 2.29. The Morgan fingerprint density at radius 3 is 2.25 bits per heavy atom. The van der Waals surface area contributed by atoms with Crippen LogP contribution < -0.4 is 5.32 Å². The molecule has 0 spiro atoms. The first-order chi connectivity index (χ1) is 7.51. The van der Waals surface area contributed by atoms with Crippen LogP contribution in [0, 0.1) is 0 Å². The van der Waals surface area contributed by atoms with Crippen LogP contribution in [0.3, 0.4) is 0 Å². The molecule has 1 aromatic carbocycles. The smallest absolute Gasteiger partial charge is 0.178 e. The molecule has 0 amide bonds. The Morgan fingerprint density at radius 2 is 1.81 bits per heavy atom. The summed E-state index contributed by atoms with van der Waals surface area (Å²) in [6.45, 7) is 4.66. The third-order valence-corrected chi connectivity index (χ3v) is 4.45. The fourth-order valence-electron chi connectivity index (χ4n) is 1.59. The van der Waals surface area contributed by atoms with Gasteiger partial charge in [0.1, 0.15) is 0 Å². The number of likely N-dealkylation sites (N-methyl/N-ethyl adjacent to an activating group) is 1. The molecule has 0 aliphatic carbocycles. The van der Waals surface area contributed by atoms with Crippen molar-refractivity contribution in [2.45, 2.75) is 24.7 Å². The lowest BCUT2D eigenvalue weighted by Gasteiger charge is -2.11. The highest BCUT2D eigenvalue weighted by Gasteiger charge is 2.11. The predicted molar refractivity (Wildman–Crippen MR) is 66.5 cm³/mol. The van der Waals surface area contributed by atoms with E-state index in [2.05, 4.69) is 12.2 Å². The van der Waals surface area contributed by atoms with Crippen molar-refractivity contribution in [3.63, 3.8) is 0 Å². The van der Waals surface area contributed by atoms with Gasteiger partial charge in [-0.3, -0.25) is 0 Å². The van der Waals surface area contributed by atoms with E-state index in [9.17, 15) is 8.42 Å². The summed E-state index contributed by atoms with van der Waals surface area (Å²) in [6, 6.07) is 7.18. The van der Waals surface area contributed by atoms with E-state index in [0.717, 1.165) is 12.1 Å². The maximum absolute atomic E-state index is 11.6. The van der Waals surface area contributed by atoms with Crippen molar-refractivity contribution in [1.29, 1.82) is 0 Å². The molecule has 0 aliphatic rings. The fraction of sp³-hybridized carbons (Fsp3) is 0.500. The number of hydrogen-bond donors (Lipinski definition) is 1. The van der Waals surface area contributed by atoms with Gasteiger partial charge in [0, 0.05) is 6.54 Å². The van der Waals surface area contributed by atoms with Crippen molar-refractivity contribution in [2.75, 3.05) is 19.3 Å². The van der Waals surface area contributed by atoms with E-state index in [1.165, 1.54) is 0 Å². The van der Waals surface area contributed by atoms with E-state index >= 15 is 0 Å².